The van der Waals surface area contributed by atoms with E-state index in [9.17, 15) is 9.59 Å². The van der Waals surface area contributed by atoms with Gasteiger partial charge in [0.2, 0.25) is 0 Å². The maximum absolute atomic E-state index is 11.8. The van der Waals surface area contributed by atoms with Crippen LogP contribution in [0.1, 0.15) is 35.8 Å². The van der Waals surface area contributed by atoms with Crippen LogP contribution in [0.5, 0.6) is 0 Å². The van der Waals surface area contributed by atoms with Crippen LogP contribution in [0, 0.1) is 0 Å². The molecule has 18 heavy (non-hydrogen) atoms. The second-order valence-corrected chi connectivity index (χ2v) is 4.96. The summed E-state index contributed by atoms with van der Waals surface area (Å²) in [6.07, 6.45) is 1.49. The molecule has 0 unspecified atom stereocenters. The van der Waals surface area contributed by atoms with E-state index in [0.717, 1.165) is 5.69 Å². The lowest BCUT2D eigenvalue weighted by molar-refractivity contribution is 0.102. The molecule has 0 radical (unpaired) electrons. The summed E-state index contributed by atoms with van der Waals surface area (Å²) >= 11 is 1.35. The predicted molar refractivity (Wildman–Crippen MR) is 71.2 cm³/mol. The minimum absolute atomic E-state index is 0.0822. The van der Waals surface area contributed by atoms with Crippen molar-refractivity contribution in [2.24, 2.45) is 0 Å². The summed E-state index contributed by atoms with van der Waals surface area (Å²) in [6.45, 7) is 4.06. The Morgan fingerprint density at radius 3 is 2.89 bits per heavy atom. The first-order valence-corrected chi connectivity index (χ1v) is 6.40. The first-order chi connectivity index (χ1) is 8.58. The summed E-state index contributed by atoms with van der Waals surface area (Å²) in [5.74, 6) is -0.131. The average Bonchev–Trinajstić information content (AvgIpc) is 2.78. The van der Waals surface area contributed by atoms with E-state index in [2.05, 4.69) is 15.3 Å². The van der Waals surface area contributed by atoms with Crippen molar-refractivity contribution in [2.45, 2.75) is 19.8 Å². The largest absolute Gasteiger partial charge is 0.328 e. The van der Waals surface area contributed by atoms with E-state index in [4.69, 9.17) is 0 Å². The molecule has 0 atom stereocenters. The zero-order valence-corrected chi connectivity index (χ0v) is 10.9. The molecule has 6 heteroatoms. The number of aromatic amines is 1. The van der Waals surface area contributed by atoms with E-state index in [1.165, 1.54) is 23.6 Å². The number of hydrogen-bond donors (Lipinski definition) is 2. The van der Waals surface area contributed by atoms with Crippen LogP contribution >= 0.6 is 11.3 Å². The Kier molecular flexibility index (Phi) is 3.57. The molecule has 0 aliphatic rings. The highest BCUT2D eigenvalue weighted by atomic mass is 32.1. The number of hydrogen-bond acceptors (Lipinski definition) is 4. The van der Waals surface area contributed by atoms with Crippen molar-refractivity contribution in [1.82, 2.24) is 9.97 Å². The van der Waals surface area contributed by atoms with Gasteiger partial charge in [0.1, 0.15) is 5.56 Å². The van der Waals surface area contributed by atoms with Crippen LogP contribution in [-0.2, 0) is 0 Å². The normalized spacial score (nSPS) is 10.6. The molecule has 2 aromatic rings. The summed E-state index contributed by atoms with van der Waals surface area (Å²) in [7, 11) is 0. The van der Waals surface area contributed by atoms with Gasteiger partial charge in [0, 0.05) is 11.6 Å². The quantitative estimate of drug-likeness (QED) is 0.891. The van der Waals surface area contributed by atoms with Crippen molar-refractivity contribution >= 4 is 22.4 Å². The van der Waals surface area contributed by atoms with Crippen LogP contribution < -0.4 is 10.9 Å². The van der Waals surface area contributed by atoms with E-state index in [0.29, 0.717) is 11.0 Å². The second kappa shape index (κ2) is 5.14. The van der Waals surface area contributed by atoms with Gasteiger partial charge in [-0.3, -0.25) is 14.9 Å². The zero-order valence-electron chi connectivity index (χ0n) is 10.1. The number of carbonyl (C=O) groups excluding carboxylic acids is 1. The lowest BCUT2D eigenvalue weighted by atomic mass is 10.2. The fraction of sp³-hybridized carbons (Fsp3) is 0.250. The molecular weight excluding hydrogens is 250 g/mol. The molecule has 94 valence electrons. The van der Waals surface area contributed by atoms with Gasteiger partial charge in [-0.1, -0.05) is 13.8 Å². The number of nitrogens with zero attached hydrogens (tertiary/aromatic N) is 1. The third-order valence-corrected chi connectivity index (χ3v) is 3.17. The smallest absolute Gasteiger partial charge is 0.263 e. The molecule has 0 bridgehead atoms. The van der Waals surface area contributed by atoms with Crippen LogP contribution in [0.2, 0.25) is 0 Å². The lowest BCUT2D eigenvalue weighted by Gasteiger charge is -2.00. The molecule has 5 nitrogen and oxygen atoms in total. The number of anilines is 1. The molecule has 0 saturated heterocycles. The molecule has 2 aromatic heterocycles. The number of nitrogens with one attached hydrogen (secondary N) is 2. The fourth-order valence-corrected chi connectivity index (χ4v) is 2.24. The van der Waals surface area contributed by atoms with Gasteiger partial charge in [-0.15, -0.1) is 11.3 Å². The Balaban J connectivity index is 2.17. The zero-order chi connectivity index (χ0) is 13.1. The number of thiazole rings is 1. The number of carbonyl (C=O) groups is 1. The van der Waals surface area contributed by atoms with Crippen LogP contribution in [-0.4, -0.2) is 15.9 Å². The highest BCUT2D eigenvalue weighted by molar-refractivity contribution is 7.14. The summed E-state index contributed by atoms with van der Waals surface area (Å²) in [4.78, 5) is 30.0. The first kappa shape index (κ1) is 12.5. The minimum Gasteiger partial charge on any atom is -0.328 e. The van der Waals surface area contributed by atoms with Gasteiger partial charge in [0.05, 0.1) is 5.69 Å². The molecule has 0 spiro atoms. The summed E-state index contributed by atoms with van der Waals surface area (Å²) in [6, 6.07) is 3.09. The molecule has 0 aromatic carbocycles. The summed E-state index contributed by atoms with van der Waals surface area (Å²) < 4.78 is 0. The molecule has 2 rings (SSSR count). The number of H-pyrrole nitrogens is 1. The third kappa shape index (κ3) is 2.65. The minimum atomic E-state index is -0.443. The Bertz CT molecular complexity index is 616. The van der Waals surface area contributed by atoms with E-state index in [1.807, 2.05) is 19.2 Å². The monoisotopic (exact) mass is 263 g/mol. The molecule has 0 aliphatic carbocycles. The van der Waals surface area contributed by atoms with Gasteiger partial charge in [-0.25, -0.2) is 4.98 Å². The number of rotatable bonds is 3. The number of amides is 1. The molecule has 0 saturated carbocycles. The number of pyridine rings is 1. The summed E-state index contributed by atoms with van der Waals surface area (Å²) in [5.41, 5.74) is 0.603. The topological polar surface area (TPSA) is 74.8 Å². The Morgan fingerprint density at radius 1 is 1.50 bits per heavy atom. The van der Waals surface area contributed by atoms with Crippen molar-refractivity contribution < 1.29 is 4.79 Å². The van der Waals surface area contributed by atoms with Gasteiger partial charge < -0.3 is 4.98 Å². The Hall–Kier alpha value is -1.95. The van der Waals surface area contributed by atoms with Crippen LogP contribution in [0.3, 0.4) is 0 Å². The van der Waals surface area contributed by atoms with E-state index >= 15 is 0 Å². The van der Waals surface area contributed by atoms with Gasteiger partial charge in [-0.2, -0.15) is 0 Å². The van der Waals surface area contributed by atoms with Crippen molar-refractivity contribution in [2.75, 3.05) is 5.32 Å². The average molecular weight is 263 g/mol. The first-order valence-electron chi connectivity index (χ1n) is 5.52. The van der Waals surface area contributed by atoms with Crippen LogP contribution in [0.25, 0.3) is 0 Å². The molecule has 1 amide bonds. The lowest BCUT2D eigenvalue weighted by Crippen LogP contribution is -2.22. The van der Waals surface area contributed by atoms with Crippen molar-refractivity contribution in [3.63, 3.8) is 0 Å². The molecule has 2 N–H and O–H groups in total. The van der Waals surface area contributed by atoms with E-state index in [1.54, 1.807) is 6.07 Å². The second-order valence-electron chi connectivity index (χ2n) is 4.10. The third-order valence-electron chi connectivity index (χ3n) is 2.40. The van der Waals surface area contributed by atoms with Crippen molar-refractivity contribution in [3.05, 3.63) is 45.3 Å². The van der Waals surface area contributed by atoms with E-state index in [-0.39, 0.29) is 5.56 Å². The van der Waals surface area contributed by atoms with Gasteiger partial charge in [0.25, 0.3) is 11.5 Å². The van der Waals surface area contributed by atoms with Crippen molar-refractivity contribution in [1.29, 1.82) is 0 Å². The fourth-order valence-electron chi connectivity index (χ4n) is 1.37. The van der Waals surface area contributed by atoms with Gasteiger partial charge >= 0.3 is 0 Å². The van der Waals surface area contributed by atoms with Crippen LogP contribution in [0.4, 0.5) is 5.13 Å². The van der Waals surface area contributed by atoms with Crippen molar-refractivity contribution in [3.8, 4) is 0 Å². The molecular formula is C12H13N3O2S. The maximum atomic E-state index is 11.8. The molecule has 2 heterocycles. The standard InChI is InChI=1S/C12H13N3O2S/c1-7(2)9-6-18-12(14-9)15-11(17)8-4-3-5-13-10(8)16/h3-7H,1-2H3,(H,13,16)(H,14,15,17). The van der Waals surface area contributed by atoms with Gasteiger partial charge in [0.15, 0.2) is 5.13 Å². The predicted octanol–water partition coefficient (Wildman–Crippen LogP) is 2.21. The number of aromatic nitrogens is 2. The Labute approximate surface area is 108 Å². The SMILES string of the molecule is CC(C)c1csc(NC(=O)c2ccc[nH]c2=O)n1. The Morgan fingerprint density at radius 2 is 2.28 bits per heavy atom. The molecule has 0 fully saturated rings. The van der Waals surface area contributed by atoms with Crippen LogP contribution in [0.15, 0.2) is 28.5 Å². The van der Waals surface area contributed by atoms with Gasteiger partial charge in [-0.05, 0) is 18.1 Å². The highest BCUT2D eigenvalue weighted by Gasteiger charge is 2.12. The highest BCUT2D eigenvalue weighted by Crippen LogP contribution is 2.21. The maximum Gasteiger partial charge on any atom is 0.263 e. The van der Waals surface area contributed by atoms with E-state index < -0.39 is 11.5 Å². The summed E-state index contributed by atoms with van der Waals surface area (Å²) in [5, 5.41) is 5.03. The molecule has 0 aliphatic heterocycles.